The van der Waals surface area contributed by atoms with Gasteiger partial charge in [0.15, 0.2) is 5.69 Å². The quantitative estimate of drug-likeness (QED) is 0.385. The lowest BCUT2D eigenvalue weighted by Gasteiger charge is -2.43. The second-order valence-corrected chi connectivity index (χ2v) is 12.4. The van der Waals surface area contributed by atoms with Crippen LogP contribution < -0.4 is 10.1 Å². The molecule has 2 aliphatic heterocycles. The number of para-hydroxylation sites is 2. The van der Waals surface area contributed by atoms with Crippen molar-refractivity contribution in [2.45, 2.75) is 82.3 Å². The Morgan fingerprint density at radius 2 is 1.84 bits per heavy atom. The molecule has 1 amide bonds. The van der Waals surface area contributed by atoms with E-state index in [-0.39, 0.29) is 31.6 Å². The highest BCUT2D eigenvalue weighted by molar-refractivity contribution is 5.79. The molecule has 0 radical (unpaired) electrons. The molecule has 6 atom stereocenters. The summed E-state index contributed by atoms with van der Waals surface area (Å²) in [5, 5.41) is 12.8. The van der Waals surface area contributed by atoms with E-state index < -0.39 is 64.9 Å². The maximum Gasteiger partial charge on any atom is 0.408 e. The summed E-state index contributed by atoms with van der Waals surface area (Å²) in [6.45, 7) is 4.86. The first-order valence-corrected chi connectivity index (χ1v) is 14.3. The van der Waals surface area contributed by atoms with Gasteiger partial charge in [-0.1, -0.05) is 39.0 Å². The van der Waals surface area contributed by atoms with Gasteiger partial charge < -0.3 is 29.4 Å². The molecule has 2 fully saturated rings. The summed E-state index contributed by atoms with van der Waals surface area (Å²) in [7, 11) is 0. The van der Waals surface area contributed by atoms with Crippen LogP contribution in [0.15, 0.2) is 36.4 Å². The first-order valence-electron chi connectivity index (χ1n) is 14.3. The third kappa shape index (κ3) is 6.32. The van der Waals surface area contributed by atoms with Gasteiger partial charge in [-0.05, 0) is 42.9 Å². The molecule has 43 heavy (non-hydrogen) atoms. The molecule has 3 heterocycles. The molecule has 1 unspecified atom stereocenters. The lowest BCUT2D eigenvalue weighted by Crippen LogP contribution is -2.65. The highest BCUT2D eigenvalue weighted by atomic mass is 19.3. The average molecular weight is 603 g/mol. The van der Waals surface area contributed by atoms with Gasteiger partial charge in [-0.2, -0.15) is 8.78 Å². The van der Waals surface area contributed by atoms with Crippen LogP contribution in [0.25, 0.3) is 11.0 Å². The number of ether oxygens (including phenoxy) is 3. The van der Waals surface area contributed by atoms with E-state index >= 15 is 8.78 Å². The number of aldehydes is 1. The zero-order valence-electron chi connectivity index (χ0n) is 24.3. The Labute approximate surface area is 247 Å². The number of alkyl halides is 2. The number of alkyl carbamates (subject to hydrolysis) is 1. The van der Waals surface area contributed by atoms with E-state index in [1.54, 1.807) is 45.0 Å². The van der Waals surface area contributed by atoms with Crippen molar-refractivity contribution in [2.24, 2.45) is 5.41 Å². The van der Waals surface area contributed by atoms with Gasteiger partial charge in [0.1, 0.15) is 30.1 Å². The molecule has 1 aromatic heterocycles. The Morgan fingerprint density at radius 1 is 1.14 bits per heavy atom. The lowest BCUT2D eigenvalue weighted by molar-refractivity contribution is -0.143. The summed E-state index contributed by atoms with van der Waals surface area (Å²) < 4.78 is 48.8. The van der Waals surface area contributed by atoms with Crippen molar-refractivity contribution < 1.29 is 42.5 Å². The number of allylic oxidation sites excluding steroid dienone is 1. The first-order chi connectivity index (χ1) is 20.3. The molecule has 13 heteroatoms. The van der Waals surface area contributed by atoms with Crippen molar-refractivity contribution in [3.8, 4) is 5.88 Å². The number of carbonyl (C=O) groups excluding carboxylic acids is 2. The van der Waals surface area contributed by atoms with Crippen molar-refractivity contribution in [1.29, 1.82) is 0 Å². The number of hydrogen-bond acceptors (Lipinski definition) is 9. The second-order valence-electron chi connectivity index (χ2n) is 12.4. The normalized spacial score (nSPS) is 32.2. The fourth-order valence-electron chi connectivity index (χ4n) is 5.87. The van der Waals surface area contributed by atoms with Gasteiger partial charge >= 0.3 is 18.0 Å². The number of nitrogens with one attached hydrogen (secondary N) is 1. The number of carboxylic acids is 1. The van der Waals surface area contributed by atoms with Crippen LogP contribution in [0.5, 0.6) is 5.88 Å². The van der Waals surface area contributed by atoms with E-state index in [9.17, 15) is 19.5 Å². The Morgan fingerprint density at radius 3 is 2.51 bits per heavy atom. The fraction of sp³-hybridized carbons (Fsp3) is 0.567. The summed E-state index contributed by atoms with van der Waals surface area (Å²) in [6.07, 6.45) is 1.22. The maximum absolute atomic E-state index is 15.7. The molecule has 0 spiro atoms. The van der Waals surface area contributed by atoms with Crippen molar-refractivity contribution in [2.75, 3.05) is 19.7 Å². The van der Waals surface area contributed by atoms with E-state index in [2.05, 4.69) is 15.3 Å². The highest BCUT2D eigenvalue weighted by Gasteiger charge is 2.50. The standard InChI is InChI=1S/C30H36F2N4O7/c1-28(2,3)29(17-37)16-36-15-18(14-21(36)26(38)39)42-25-24(33-19-8-4-5-9-20(19)34-25)30(31,32)12-7-13-41-22-10-6-11-23(22)43-27(40)35-29/h4-5,7-9,12,17-18,21-23H,6,10-11,13-16H2,1-3H3,(H,35,40)(H,38,39)/b12-7+/t18-,21+,22-,23-,29-/m1/s1. The van der Waals surface area contributed by atoms with E-state index in [1.807, 2.05) is 0 Å². The zero-order chi connectivity index (χ0) is 31.0. The molecule has 1 saturated heterocycles. The third-order valence-corrected chi connectivity index (χ3v) is 8.48. The number of hydrogen-bond donors (Lipinski definition) is 2. The lowest BCUT2D eigenvalue weighted by atomic mass is 9.74. The highest BCUT2D eigenvalue weighted by Crippen LogP contribution is 2.38. The van der Waals surface area contributed by atoms with Crippen LogP contribution in [-0.4, -0.2) is 87.9 Å². The molecular formula is C30H36F2N4O7. The molecule has 5 rings (SSSR count). The van der Waals surface area contributed by atoms with E-state index in [4.69, 9.17) is 14.2 Å². The van der Waals surface area contributed by atoms with Crippen molar-refractivity contribution >= 4 is 29.4 Å². The number of halogens is 2. The number of rotatable bonds is 2. The number of aromatic nitrogens is 2. The van der Waals surface area contributed by atoms with Gasteiger partial charge in [0.05, 0.1) is 23.7 Å². The van der Waals surface area contributed by atoms with Crippen LogP contribution in [-0.2, 0) is 25.0 Å². The van der Waals surface area contributed by atoms with Crippen molar-refractivity contribution in [3.63, 3.8) is 0 Å². The van der Waals surface area contributed by atoms with Crippen LogP contribution in [0, 0.1) is 5.41 Å². The minimum absolute atomic E-state index is 0.0345. The number of fused-ring (bicyclic) bond motifs is 5. The summed E-state index contributed by atoms with van der Waals surface area (Å²) in [5.41, 5.74) is -2.56. The van der Waals surface area contributed by atoms with Gasteiger partial charge in [-0.25, -0.2) is 14.8 Å². The molecule has 1 saturated carbocycles. The summed E-state index contributed by atoms with van der Waals surface area (Å²) >= 11 is 0. The molecule has 232 valence electrons. The number of aliphatic carboxylic acids is 1. The predicted molar refractivity (Wildman–Crippen MR) is 150 cm³/mol. The van der Waals surface area contributed by atoms with Crippen molar-refractivity contribution in [1.82, 2.24) is 20.2 Å². The van der Waals surface area contributed by atoms with Gasteiger partial charge in [0.25, 0.3) is 0 Å². The van der Waals surface area contributed by atoms with Crippen LogP contribution in [0.1, 0.15) is 52.1 Å². The molecular weight excluding hydrogens is 566 g/mol. The minimum atomic E-state index is -3.60. The van der Waals surface area contributed by atoms with Gasteiger partial charge in [0.2, 0.25) is 5.88 Å². The number of nitrogens with zero attached hydrogens (tertiary/aromatic N) is 3. The smallest absolute Gasteiger partial charge is 0.408 e. The van der Waals surface area contributed by atoms with Gasteiger partial charge in [0, 0.05) is 19.5 Å². The molecule has 11 nitrogen and oxygen atoms in total. The van der Waals surface area contributed by atoms with E-state index in [0.29, 0.717) is 37.1 Å². The SMILES string of the molecule is CC(C)(C)[C@]1(C=O)CN2C[C@@H](C[C@H]2C(=O)O)Oc2nc3ccccc3nc2C(F)(F)/C=C/CO[C@@H]2CCC[C@H]2OC(=O)N1. The maximum atomic E-state index is 15.7. The molecule has 1 aliphatic carbocycles. The number of carbonyl (C=O) groups is 3. The summed E-state index contributed by atoms with van der Waals surface area (Å²) in [4.78, 5) is 48.3. The fourth-order valence-corrected chi connectivity index (χ4v) is 5.87. The summed E-state index contributed by atoms with van der Waals surface area (Å²) in [6, 6.07) is 5.40. The molecule has 1 aromatic carbocycles. The molecule has 2 N–H and O–H groups in total. The van der Waals surface area contributed by atoms with E-state index in [0.717, 1.165) is 0 Å². The number of carboxylic acid groups (broad SMARTS) is 1. The second kappa shape index (κ2) is 11.8. The Balaban J connectivity index is 1.57. The van der Waals surface area contributed by atoms with Gasteiger partial charge in [-0.3, -0.25) is 9.69 Å². The minimum Gasteiger partial charge on any atom is -0.480 e. The van der Waals surface area contributed by atoms with Crippen LogP contribution in [0.4, 0.5) is 13.6 Å². The third-order valence-electron chi connectivity index (χ3n) is 8.48. The number of benzene rings is 1. The zero-order valence-corrected chi connectivity index (χ0v) is 24.3. The average Bonchev–Trinajstić information content (AvgIpc) is 3.55. The largest absolute Gasteiger partial charge is 0.480 e. The van der Waals surface area contributed by atoms with Gasteiger partial charge in [-0.15, -0.1) is 0 Å². The molecule has 3 aliphatic rings. The predicted octanol–water partition coefficient (Wildman–Crippen LogP) is 3.85. The van der Waals surface area contributed by atoms with E-state index in [1.165, 1.54) is 11.0 Å². The van der Waals surface area contributed by atoms with Crippen LogP contribution in [0.3, 0.4) is 0 Å². The first kappa shape index (κ1) is 30.7. The summed E-state index contributed by atoms with van der Waals surface area (Å²) in [5.74, 6) is -5.20. The number of amides is 1. The van der Waals surface area contributed by atoms with Crippen molar-refractivity contribution in [3.05, 3.63) is 42.1 Å². The Hall–Kier alpha value is -3.71. The van der Waals surface area contributed by atoms with Crippen LogP contribution >= 0.6 is 0 Å². The Kier molecular flexibility index (Phi) is 8.41. The topological polar surface area (TPSA) is 140 Å². The Bertz CT molecular complexity index is 1410. The molecule has 2 bridgehead atoms. The monoisotopic (exact) mass is 602 g/mol. The van der Waals surface area contributed by atoms with Crippen LogP contribution in [0.2, 0.25) is 0 Å². The molecule has 2 aromatic rings.